The zero-order chi connectivity index (χ0) is 25.8. The van der Waals surface area contributed by atoms with Crippen molar-refractivity contribution in [3.63, 3.8) is 0 Å². The number of halogens is 1. The first-order valence-electron chi connectivity index (χ1n) is 11.9. The molecule has 184 valence electrons. The number of carboxylic acid groups (broad SMARTS) is 1. The van der Waals surface area contributed by atoms with E-state index in [1.165, 1.54) is 6.08 Å². The smallest absolute Gasteiger partial charge is 0.337 e. The van der Waals surface area contributed by atoms with Crippen molar-refractivity contribution in [2.75, 3.05) is 6.61 Å². The van der Waals surface area contributed by atoms with E-state index >= 15 is 4.39 Å². The summed E-state index contributed by atoms with van der Waals surface area (Å²) in [5.41, 5.74) is 3.85. The molecule has 6 heteroatoms. The summed E-state index contributed by atoms with van der Waals surface area (Å²) in [6.45, 7) is 11.6. The van der Waals surface area contributed by atoms with Gasteiger partial charge in [-0.2, -0.15) is 0 Å². The van der Waals surface area contributed by atoms with Crippen molar-refractivity contribution in [1.82, 2.24) is 4.98 Å². The number of rotatable bonds is 5. The van der Waals surface area contributed by atoms with Crippen LogP contribution in [-0.4, -0.2) is 28.3 Å². The van der Waals surface area contributed by atoms with E-state index in [2.05, 4.69) is 6.58 Å². The fraction of sp³-hybridized carbons (Fsp3) is 0.267. The quantitative estimate of drug-likeness (QED) is 0.329. The van der Waals surface area contributed by atoms with Crippen molar-refractivity contribution in [1.29, 1.82) is 0 Å². The first-order chi connectivity index (χ1) is 17.1. The molecule has 1 atom stereocenters. The predicted octanol–water partition coefficient (Wildman–Crippen LogP) is 7.02. The van der Waals surface area contributed by atoms with Crippen LogP contribution in [0, 0.1) is 12.7 Å². The Bertz CT molecular complexity index is 1540. The number of nitrogens with zero attached hydrogens (tertiary/aromatic N) is 1. The van der Waals surface area contributed by atoms with Crippen LogP contribution in [0.3, 0.4) is 0 Å². The second-order valence-corrected chi connectivity index (χ2v) is 10.1. The Morgan fingerprint density at radius 2 is 2.00 bits per heavy atom. The fourth-order valence-corrected chi connectivity index (χ4v) is 5.08. The second-order valence-electron chi connectivity index (χ2n) is 10.1. The molecule has 0 amide bonds. The van der Waals surface area contributed by atoms with E-state index in [4.69, 9.17) is 14.5 Å². The van der Waals surface area contributed by atoms with Crippen molar-refractivity contribution >= 4 is 33.7 Å². The van der Waals surface area contributed by atoms with Gasteiger partial charge in [0.2, 0.25) is 0 Å². The summed E-state index contributed by atoms with van der Waals surface area (Å²) in [5.74, 6) is -0.778. The van der Waals surface area contributed by atoms with Gasteiger partial charge >= 0.3 is 5.97 Å². The standard InChI is InChI=1S/C30H28FNO4/c1-6-17-7-8-19-21(26(17)31)15-16(2)23(28(29(33)34)36-30(3,4)5)25(19)20-9-10-22-24-18(12-14-35-22)11-13-32-27(20)24/h6-11,13,15,28H,1,12,14H2,2-5H3,(H,33,34)/t28-/m1/s1. The molecule has 1 aliphatic heterocycles. The summed E-state index contributed by atoms with van der Waals surface area (Å²) in [6.07, 6.45) is 2.71. The molecule has 0 bridgehead atoms. The van der Waals surface area contributed by atoms with E-state index in [0.717, 1.165) is 23.1 Å². The molecular weight excluding hydrogens is 457 g/mol. The van der Waals surface area contributed by atoms with Crippen LogP contribution in [-0.2, 0) is 16.0 Å². The van der Waals surface area contributed by atoms with Gasteiger partial charge < -0.3 is 14.6 Å². The average Bonchev–Trinajstić information content (AvgIpc) is 2.83. The molecule has 0 saturated heterocycles. The van der Waals surface area contributed by atoms with E-state index in [1.54, 1.807) is 25.3 Å². The van der Waals surface area contributed by atoms with Crippen molar-refractivity contribution in [3.05, 3.63) is 77.2 Å². The van der Waals surface area contributed by atoms with Gasteiger partial charge in [0.15, 0.2) is 6.10 Å². The van der Waals surface area contributed by atoms with E-state index in [0.29, 0.717) is 50.7 Å². The minimum atomic E-state index is -1.27. The maximum absolute atomic E-state index is 15.6. The van der Waals surface area contributed by atoms with Crippen LogP contribution in [0.2, 0.25) is 0 Å². The summed E-state index contributed by atoms with van der Waals surface area (Å²) in [7, 11) is 0. The highest BCUT2D eigenvalue weighted by atomic mass is 19.1. The number of aryl methyl sites for hydroxylation is 1. The minimum absolute atomic E-state index is 0.379. The lowest BCUT2D eigenvalue weighted by atomic mass is 9.85. The lowest BCUT2D eigenvalue weighted by Gasteiger charge is -2.29. The maximum Gasteiger partial charge on any atom is 0.337 e. The zero-order valence-corrected chi connectivity index (χ0v) is 20.8. The molecule has 5 nitrogen and oxygen atoms in total. The molecule has 4 aromatic rings. The number of carboxylic acids is 1. The van der Waals surface area contributed by atoms with Gasteiger partial charge in [-0.1, -0.05) is 24.8 Å². The third-order valence-corrected chi connectivity index (χ3v) is 6.55. The van der Waals surface area contributed by atoms with Gasteiger partial charge in [0.1, 0.15) is 11.6 Å². The van der Waals surface area contributed by atoms with E-state index in [-0.39, 0.29) is 0 Å². The number of aromatic nitrogens is 1. The molecule has 1 N–H and O–H groups in total. The lowest BCUT2D eigenvalue weighted by molar-refractivity contribution is -0.160. The monoisotopic (exact) mass is 485 g/mol. The third kappa shape index (κ3) is 3.91. The van der Waals surface area contributed by atoms with Crippen molar-refractivity contribution < 1.29 is 23.8 Å². The number of hydrogen-bond donors (Lipinski definition) is 1. The molecule has 3 aromatic carbocycles. The molecule has 0 unspecified atom stereocenters. The molecular formula is C30H28FNO4. The van der Waals surface area contributed by atoms with Crippen LogP contribution in [0.15, 0.2) is 49.2 Å². The Hall–Kier alpha value is -3.77. The highest BCUT2D eigenvalue weighted by molar-refractivity contribution is 6.09. The molecule has 36 heavy (non-hydrogen) atoms. The van der Waals surface area contributed by atoms with Crippen LogP contribution < -0.4 is 4.74 Å². The summed E-state index contributed by atoms with van der Waals surface area (Å²) >= 11 is 0. The second kappa shape index (κ2) is 8.71. The number of carbonyl (C=O) groups is 1. The van der Waals surface area contributed by atoms with Gasteiger partial charge in [0, 0.05) is 40.1 Å². The van der Waals surface area contributed by atoms with Gasteiger partial charge in [-0.15, -0.1) is 0 Å². The van der Waals surface area contributed by atoms with Crippen molar-refractivity contribution in [2.24, 2.45) is 0 Å². The Kier molecular flexibility index (Phi) is 5.80. The molecule has 0 saturated carbocycles. The molecule has 1 aromatic heterocycles. The zero-order valence-electron chi connectivity index (χ0n) is 20.8. The summed E-state index contributed by atoms with van der Waals surface area (Å²) < 4.78 is 27.5. The molecule has 0 spiro atoms. The largest absolute Gasteiger partial charge is 0.493 e. The summed E-state index contributed by atoms with van der Waals surface area (Å²) in [6, 6.07) is 10.9. The van der Waals surface area contributed by atoms with Crippen LogP contribution in [0.4, 0.5) is 4.39 Å². The topological polar surface area (TPSA) is 68.7 Å². The van der Waals surface area contributed by atoms with E-state index < -0.39 is 23.5 Å². The van der Waals surface area contributed by atoms with Crippen LogP contribution in [0.1, 0.15) is 49.1 Å². The van der Waals surface area contributed by atoms with Crippen molar-refractivity contribution in [3.8, 4) is 16.9 Å². The Morgan fingerprint density at radius 3 is 2.69 bits per heavy atom. The average molecular weight is 486 g/mol. The molecule has 1 aliphatic rings. The van der Waals surface area contributed by atoms with Crippen LogP contribution in [0.5, 0.6) is 5.75 Å². The Balaban J connectivity index is 1.95. The fourth-order valence-electron chi connectivity index (χ4n) is 5.08. The summed E-state index contributed by atoms with van der Waals surface area (Å²) in [4.78, 5) is 17.3. The number of hydrogen-bond acceptors (Lipinski definition) is 4. The van der Waals surface area contributed by atoms with Crippen molar-refractivity contribution in [2.45, 2.75) is 45.8 Å². The Labute approximate surface area is 209 Å². The van der Waals surface area contributed by atoms with Crippen LogP contribution in [0.25, 0.3) is 38.9 Å². The number of benzene rings is 3. The number of ether oxygens (including phenoxy) is 2. The first kappa shape index (κ1) is 23.9. The molecule has 0 fully saturated rings. The number of pyridine rings is 1. The van der Waals surface area contributed by atoms with Gasteiger partial charge in [0.05, 0.1) is 17.7 Å². The maximum atomic E-state index is 15.6. The van der Waals surface area contributed by atoms with Crippen LogP contribution >= 0.6 is 0 Å². The molecule has 0 radical (unpaired) electrons. The van der Waals surface area contributed by atoms with E-state index in [9.17, 15) is 9.90 Å². The molecule has 0 aliphatic carbocycles. The van der Waals surface area contributed by atoms with Gasteiger partial charge in [0.25, 0.3) is 0 Å². The van der Waals surface area contributed by atoms with Gasteiger partial charge in [-0.3, -0.25) is 4.98 Å². The number of aliphatic carboxylic acids is 1. The highest BCUT2D eigenvalue weighted by Crippen LogP contribution is 2.45. The normalized spacial score (nSPS) is 14.0. The Morgan fingerprint density at radius 1 is 1.22 bits per heavy atom. The minimum Gasteiger partial charge on any atom is -0.493 e. The summed E-state index contributed by atoms with van der Waals surface area (Å²) in [5, 5.41) is 12.2. The predicted molar refractivity (Wildman–Crippen MR) is 140 cm³/mol. The van der Waals surface area contributed by atoms with E-state index in [1.807, 2.05) is 45.0 Å². The molecule has 2 heterocycles. The first-order valence-corrected chi connectivity index (χ1v) is 11.9. The molecule has 5 rings (SSSR count). The lowest BCUT2D eigenvalue weighted by Crippen LogP contribution is -2.28. The highest BCUT2D eigenvalue weighted by Gasteiger charge is 2.33. The number of fused-ring (bicyclic) bond motifs is 1. The van der Waals surface area contributed by atoms with Gasteiger partial charge in [-0.25, -0.2) is 9.18 Å². The third-order valence-electron chi connectivity index (χ3n) is 6.55. The SMILES string of the molecule is C=Cc1ccc2c(-c3ccc4c5c(ccnc35)CCO4)c([C@@H](OC(C)(C)C)C(=O)O)c(C)cc2c1F. The van der Waals surface area contributed by atoms with Gasteiger partial charge in [-0.05, 0) is 74.0 Å².